The lowest BCUT2D eigenvalue weighted by atomic mass is 10.3. The van der Waals surface area contributed by atoms with Gasteiger partial charge in [0.15, 0.2) is 11.7 Å². The van der Waals surface area contributed by atoms with E-state index in [-0.39, 0.29) is 29.9 Å². The number of hydrogen-bond acceptors (Lipinski definition) is 4. The van der Waals surface area contributed by atoms with Crippen LogP contribution in [-0.2, 0) is 6.54 Å². The molecule has 1 aliphatic rings. The van der Waals surface area contributed by atoms with Crippen molar-refractivity contribution in [2.75, 3.05) is 39.3 Å². The van der Waals surface area contributed by atoms with E-state index >= 15 is 0 Å². The number of rotatable bonds is 5. The number of piperazine rings is 1. The van der Waals surface area contributed by atoms with Crippen LogP contribution in [0.1, 0.15) is 17.5 Å². The number of aliphatic imine (C=N–C) groups is 1. The van der Waals surface area contributed by atoms with Gasteiger partial charge in [0.25, 0.3) is 5.91 Å². The number of carbonyl (C=O) groups excluding carboxylic acids is 1. The summed E-state index contributed by atoms with van der Waals surface area (Å²) in [6.45, 7) is 7.08. The molecule has 1 fully saturated rings. The van der Waals surface area contributed by atoms with Crippen LogP contribution in [0, 0.1) is 0 Å². The van der Waals surface area contributed by atoms with Crippen LogP contribution in [0.25, 0.3) is 11.0 Å². The summed E-state index contributed by atoms with van der Waals surface area (Å²) >= 11 is 0. The molecule has 1 aromatic carbocycles. The van der Waals surface area contributed by atoms with Gasteiger partial charge in [-0.3, -0.25) is 9.79 Å². The lowest BCUT2D eigenvalue weighted by Crippen LogP contribution is -2.53. The average Bonchev–Trinajstić information content (AvgIpc) is 3.43. The largest absolute Gasteiger partial charge is 0.459 e. The van der Waals surface area contributed by atoms with E-state index in [1.165, 1.54) is 6.26 Å². The molecule has 1 N–H and O–H groups in total. The van der Waals surface area contributed by atoms with E-state index < -0.39 is 0 Å². The maximum atomic E-state index is 12.4. The smallest absolute Gasteiger partial charge is 0.289 e. The SMILES string of the molecule is CCNC(=NCCn1cnc2ccccc21)N1CCN(C(=O)c2ccco2)CC1.I. The fourth-order valence-electron chi connectivity index (χ4n) is 3.56. The molecule has 1 amide bonds. The summed E-state index contributed by atoms with van der Waals surface area (Å²) < 4.78 is 7.36. The number of nitrogens with zero attached hydrogens (tertiary/aromatic N) is 5. The molecule has 1 aliphatic heterocycles. The highest BCUT2D eigenvalue weighted by Crippen LogP contribution is 2.12. The number of furan rings is 1. The van der Waals surface area contributed by atoms with Gasteiger partial charge in [-0.05, 0) is 31.2 Å². The third kappa shape index (κ3) is 4.94. The lowest BCUT2D eigenvalue weighted by Gasteiger charge is -2.36. The highest BCUT2D eigenvalue weighted by molar-refractivity contribution is 14.0. The van der Waals surface area contributed by atoms with Crippen LogP contribution in [0.3, 0.4) is 0 Å². The normalized spacial score (nSPS) is 14.6. The Morgan fingerprint density at radius 1 is 1.13 bits per heavy atom. The first kappa shape index (κ1) is 22.1. The quantitative estimate of drug-likeness (QED) is 0.317. The van der Waals surface area contributed by atoms with Crippen LogP contribution in [0.15, 0.2) is 58.4 Å². The number of halogens is 1. The third-order valence-corrected chi connectivity index (χ3v) is 5.06. The molecule has 0 radical (unpaired) electrons. The summed E-state index contributed by atoms with van der Waals surface area (Å²) in [6, 6.07) is 11.6. The summed E-state index contributed by atoms with van der Waals surface area (Å²) in [5, 5.41) is 3.37. The van der Waals surface area contributed by atoms with Gasteiger partial charge < -0.3 is 24.1 Å². The van der Waals surface area contributed by atoms with E-state index in [1.807, 2.05) is 29.4 Å². The molecule has 0 unspecified atom stereocenters. The number of fused-ring (bicyclic) bond motifs is 1. The molecule has 3 heterocycles. The zero-order chi connectivity index (χ0) is 20.1. The Balaban J connectivity index is 0.00000256. The molecule has 3 aromatic rings. The molecule has 0 saturated carbocycles. The Morgan fingerprint density at radius 2 is 1.90 bits per heavy atom. The van der Waals surface area contributed by atoms with Crippen LogP contribution >= 0.6 is 24.0 Å². The second kappa shape index (κ2) is 10.5. The number of benzene rings is 1. The van der Waals surface area contributed by atoms with Gasteiger partial charge in [-0.2, -0.15) is 0 Å². The van der Waals surface area contributed by atoms with E-state index in [9.17, 15) is 4.79 Å². The van der Waals surface area contributed by atoms with E-state index in [1.54, 1.807) is 12.1 Å². The molecule has 9 heteroatoms. The van der Waals surface area contributed by atoms with Gasteiger partial charge in [-0.1, -0.05) is 12.1 Å². The fourth-order valence-corrected chi connectivity index (χ4v) is 3.56. The molecular formula is C21H27IN6O2. The Labute approximate surface area is 193 Å². The Kier molecular flexibility index (Phi) is 7.72. The zero-order valence-electron chi connectivity index (χ0n) is 17.0. The van der Waals surface area contributed by atoms with Crippen LogP contribution in [0.2, 0.25) is 0 Å². The third-order valence-electron chi connectivity index (χ3n) is 5.06. The average molecular weight is 522 g/mol. The van der Waals surface area contributed by atoms with Crippen molar-refractivity contribution in [2.24, 2.45) is 4.99 Å². The first-order chi connectivity index (χ1) is 14.3. The number of guanidine groups is 1. The number of para-hydroxylation sites is 2. The second-order valence-corrected chi connectivity index (χ2v) is 6.92. The predicted molar refractivity (Wildman–Crippen MR) is 127 cm³/mol. The molecule has 0 spiro atoms. The molecule has 4 rings (SSSR count). The minimum absolute atomic E-state index is 0. The number of carbonyl (C=O) groups is 1. The number of imidazole rings is 1. The van der Waals surface area contributed by atoms with E-state index in [0.717, 1.165) is 43.2 Å². The molecule has 160 valence electrons. The van der Waals surface area contributed by atoms with E-state index in [0.29, 0.717) is 25.4 Å². The molecule has 0 aliphatic carbocycles. The number of nitrogens with one attached hydrogen (secondary N) is 1. The van der Waals surface area contributed by atoms with Gasteiger partial charge >= 0.3 is 0 Å². The van der Waals surface area contributed by atoms with Crippen molar-refractivity contribution >= 4 is 46.9 Å². The summed E-state index contributed by atoms with van der Waals surface area (Å²) in [7, 11) is 0. The minimum atomic E-state index is -0.0522. The van der Waals surface area contributed by atoms with Gasteiger partial charge in [0.05, 0.1) is 30.2 Å². The summed E-state index contributed by atoms with van der Waals surface area (Å²) in [4.78, 5) is 25.7. The van der Waals surface area contributed by atoms with E-state index in [4.69, 9.17) is 9.41 Å². The van der Waals surface area contributed by atoms with Crippen molar-refractivity contribution in [1.82, 2.24) is 24.7 Å². The van der Waals surface area contributed by atoms with Crippen LogP contribution < -0.4 is 5.32 Å². The predicted octanol–water partition coefficient (Wildman–Crippen LogP) is 2.67. The molecule has 1 saturated heterocycles. The number of aromatic nitrogens is 2. The lowest BCUT2D eigenvalue weighted by molar-refractivity contribution is 0.0657. The van der Waals surface area contributed by atoms with E-state index in [2.05, 4.69) is 32.8 Å². The topological polar surface area (TPSA) is 78.9 Å². The monoisotopic (exact) mass is 522 g/mol. The summed E-state index contributed by atoms with van der Waals surface area (Å²) in [5.41, 5.74) is 2.12. The van der Waals surface area contributed by atoms with Crippen molar-refractivity contribution < 1.29 is 9.21 Å². The van der Waals surface area contributed by atoms with Crippen LogP contribution in [-0.4, -0.2) is 70.5 Å². The molecule has 2 aromatic heterocycles. The van der Waals surface area contributed by atoms with Crippen molar-refractivity contribution in [3.05, 3.63) is 54.7 Å². The maximum absolute atomic E-state index is 12.4. The van der Waals surface area contributed by atoms with Gasteiger partial charge in [-0.25, -0.2) is 4.98 Å². The van der Waals surface area contributed by atoms with Gasteiger partial charge in [0, 0.05) is 39.3 Å². The standard InChI is InChI=1S/C21H26N6O2.HI/c1-2-22-21(23-9-10-27-16-24-17-6-3-4-7-18(17)27)26-13-11-25(12-14-26)20(28)19-8-5-15-29-19;/h3-8,15-16H,2,9-14H2,1H3,(H,22,23);1H. The minimum Gasteiger partial charge on any atom is -0.459 e. The molecule has 0 atom stereocenters. The second-order valence-electron chi connectivity index (χ2n) is 6.92. The summed E-state index contributed by atoms with van der Waals surface area (Å²) in [5.74, 6) is 1.23. The van der Waals surface area contributed by atoms with Gasteiger partial charge in [-0.15, -0.1) is 24.0 Å². The van der Waals surface area contributed by atoms with Gasteiger partial charge in [0.2, 0.25) is 0 Å². The van der Waals surface area contributed by atoms with Crippen LogP contribution in [0.5, 0.6) is 0 Å². The maximum Gasteiger partial charge on any atom is 0.289 e. The fraction of sp³-hybridized carbons (Fsp3) is 0.381. The highest BCUT2D eigenvalue weighted by Gasteiger charge is 2.25. The molecular weight excluding hydrogens is 495 g/mol. The first-order valence-electron chi connectivity index (χ1n) is 10.0. The van der Waals surface area contributed by atoms with Crippen molar-refractivity contribution in [3.63, 3.8) is 0 Å². The van der Waals surface area contributed by atoms with Gasteiger partial charge in [0.1, 0.15) is 0 Å². The van der Waals surface area contributed by atoms with Crippen molar-refractivity contribution in [3.8, 4) is 0 Å². The van der Waals surface area contributed by atoms with Crippen molar-refractivity contribution in [2.45, 2.75) is 13.5 Å². The summed E-state index contributed by atoms with van der Waals surface area (Å²) in [6.07, 6.45) is 3.40. The Hall–Kier alpha value is -2.56. The molecule has 30 heavy (non-hydrogen) atoms. The first-order valence-corrected chi connectivity index (χ1v) is 10.0. The number of amides is 1. The van der Waals surface area contributed by atoms with Crippen molar-refractivity contribution in [1.29, 1.82) is 0 Å². The molecule has 0 bridgehead atoms. The molecule has 8 nitrogen and oxygen atoms in total. The highest BCUT2D eigenvalue weighted by atomic mass is 127. The van der Waals surface area contributed by atoms with Crippen LogP contribution in [0.4, 0.5) is 0 Å². The Morgan fingerprint density at radius 3 is 2.63 bits per heavy atom. The number of hydrogen-bond donors (Lipinski definition) is 1. The zero-order valence-corrected chi connectivity index (χ0v) is 19.4. The Bertz CT molecular complexity index is 976.